The summed E-state index contributed by atoms with van der Waals surface area (Å²) in [5, 5.41) is 135. The lowest BCUT2D eigenvalue weighted by Crippen LogP contribution is -1.99. The number of aryl methyl sites for hydroxylation is 4. The van der Waals surface area contributed by atoms with E-state index in [1.165, 1.54) is 48.5 Å². The topological polar surface area (TPSA) is 577 Å². The molecule has 0 amide bonds. The second-order valence-corrected chi connectivity index (χ2v) is 26.6. The van der Waals surface area contributed by atoms with Crippen molar-refractivity contribution >= 4 is 107 Å². The molecule has 0 saturated carbocycles. The number of aldehydes is 12. The van der Waals surface area contributed by atoms with Crippen LogP contribution in [-0.4, -0.2) is 181 Å². The molecule has 0 saturated heterocycles. The minimum Gasteiger partial charge on any atom is -0.504 e. The zero-order chi connectivity index (χ0) is 85.5. The van der Waals surface area contributed by atoms with Crippen molar-refractivity contribution in [2.75, 3.05) is 12.5 Å². The second kappa shape index (κ2) is 46.5. The monoisotopic (exact) mass is 1600 g/mol. The molecule has 0 heterocycles. The van der Waals surface area contributed by atoms with E-state index < -0.39 is 75.5 Å². The number of hydrogen-bond acceptors (Lipinski definition) is 31. The van der Waals surface area contributed by atoms with Gasteiger partial charge in [-0.1, -0.05) is 83.9 Å². The minimum atomic E-state index is -3.66. The summed E-state index contributed by atoms with van der Waals surface area (Å²) in [6, 6.07) is 37.4. The molecule has 0 fully saturated rings. The third-order valence-electron chi connectivity index (χ3n) is 13.7. The zero-order valence-corrected chi connectivity index (χ0v) is 61.8. The summed E-state index contributed by atoms with van der Waals surface area (Å²) in [4.78, 5) is 122. The van der Waals surface area contributed by atoms with Crippen molar-refractivity contribution in [3.05, 3.63) is 252 Å². The normalized spacial score (nSPS) is 9.78. The molecule has 10 rings (SSSR count). The lowest BCUT2D eigenvalue weighted by molar-refractivity contribution is 0.109. The van der Waals surface area contributed by atoms with E-state index in [0.29, 0.717) is 112 Å². The van der Waals surface area contributed by atoms with E-state index >= 15 is 0 Å². The summed E-state index contributed by atoms with van der Waals surface area (Å²) >= 11 is 5.53. The summed E-state index contributed by atoms with van der Waals surface area (Å²) in [6.45, 7) is 6.76. The van der Waals surface area contributed by atoms with Crippen molar-refractivity contribution in [3.63, 3.8) is 0 Å². The maximum atomic E-state index is 11.1. The molecule has 0 radical (unpaired) electrons. The van der Waals surface area contributed by atoms with Crippen LogP contribution in [0.25, 0.3) is 0 Å². The standard InChI is InChI=1S/C8H7ClO3.2C8H8O5S.2C8H8O3.2C8H6O2.C8H8O.C7H6O4.C7H6O3/c1-4-2-5(3-10)6(9)8(12)7(4)11;2*1-14(12,13)7-3-5(4-9)2-6(10)8(7)11;2*1-5-2-6(4-9)3-7(10)8(5)11;9-5-7-1-2-8(6-10)4-3-7;9-5-7-3-1-2-4-8(7)6-10;1-7-3-2-4-8(5-7)6-9;8-3-4-1-5(9)7(11)6(10)2-4;8-4-5-1-2-6(9)7(10)3-5/h2-3,11-12H,1H3;2*2-4,10-11H,1H3;2*2-4,10-11H,1H3;2*1-6H;2-6H,1H3;1-3,9-11H;1-4,9-10H. The first kappa shape index (κ1) is 95.4. The number of rotatable bonds is 14. The van der Waals surface area contributed by atoms with Gasteiger partial charge in [0.1, 0.15) is 66.4 Å². The maximum absolute atomic E-state index is 11.1. The average Bonchev–Trinajstić information content (AvgIpc) is 0.815. The Morgan fingerprint density at radius 3 is 0.821 bits per heavy atom. The molecule has 34 heteroatoms. The Hall–Kier alpha value is -14.6. The summed E-state index contributed by atoms with van der Waals surface area (Å²) in [7, 11) is -7.31. The van der Waals surface area contributed by atoms with Crippen molar-refractivity contribution in [2.45, 2.75) is 37.5 Å². The lowest BCUT2D eigenvalue weighted by Gasteiger charge is -2.05. The van der Waals surface area contributed by atoms with Gasteiger partial charge in [-0.25, -0.2) is 16.8 Å². The first-order chi connectivity index (χ1) is 52.5. The van der Waals surface area contributed by atoms with E-state index in [4.69, 9.17) is 78.0 Å². The average molecular weight is 1600 g/mol. The van der Waals surface area contributed by atoms with Crippen LogP contribution < -0.4 is 0 Å². The van der Waals surface area contributed by atoms with Crippen LogP contribution in [0.4, 0.5) is 0 Å². The van der Waals surface area contributed by atoms with Crippen molar-refractivity contribution < 1.29 is 151 Å². The van der Waals surface area contributed by atoms with E-state index in [1.54, 1.807) is 75.4 Å². The number of hydrogen-bond donors (Lipinski definition) is 15. The third-order valence-corrected chi connectivity index (χ3v) is 16.3. The van der Waals surface area contributed by atoms with E-state index in [-0.39, 0.29) is 67.5 Å². The number of benzene rings is 10. The highest BCUT2D eigenvalue weighted by molar-refractivity contribution is 7.91. The fourth-order valence-electron chi connectivity index (χ4n) is 7.95. The van der Waals surface area contributed by atoms with Gasteiger partial charge in [-0.15, -0.1) is 0 Å². The second-order valence-electron chi connectivity index (χ2n) is 22.3. The van der Waals surface area contributed by atoms with Crippen molar-refractivity contribution in [1.82, 2.24) is 0 Å². The molecule has 0 spiro atoms. The van der Waals surface area contributed by atoms with E-state index in [9.17, 15) is 84.6 Å². The van der Waals surface area contributed by atoms with Gasteiger partial charge in [0.15, 0.2) is 125 Å². The number of carbonyl (C=O) groups is 12. The van der Waals surface area contributed by atoms with Gasteiger partial charge < -0.3 is 76.6 Å². The molecule has 10 aromatic rings. The molecule has 112 heavy (non-hydrogen) atoms. The number of carbonyl (C=O) groups excluding carboxylic acids is 12. The van der Waals surface area contributed by atoms with Gasteiger partial charge in [0, 0.05) is 79.3 Å². The first-order valence-corrected chi connectivity index (χ1v) is 34.9. The van der Waals surface area contributed by atoms with E-state index in [1.807, 2.05) is 25.1 Å². The quantitative estimate of drug-likeness (QED) is 0.0355. The number of halogens is 1. The van der Waals surface area contributed by atoms with Crippen LogP contribution in [0.2, 0.25) is 5.02 Å². The third kappa shape index (κ3) is 31.1. The Kier molecular flexibility index (Phi) is 39.6. The Labute approximate surface area is 642 Å². The highest BCUT2D eigenvalue weighted by atomic mass is 35.5. The minimum absolute atomic E-state index is 0.0132. The molecule has 31 nitrogen and oxygen atoms in total. The molecule has 0 bridgehead atoms. The highest BCUT2D eigenvalue weighted by Crippen LogP contribution is 2.39. The largest absolute Gasteiger partial charge is 0.504 e. The summed E-state index contributed by atoms with van der Waals surface area (Å²) in [6.07, 6.45) is 9.00. The Morgan fingerprint density at radius 2 is 0.527 bits per heavy atom. The van der Waals surface area contributed by atoms with Crippen LogP contribution >= 0.6 is 11.6 Å². The molecule has 0 unspecified atom stereocenters. The molecule has 588 valence electrons. The Bertz CT molecular complexity index is 4910. The van der Waals surface area contributed by atoms with Gasteiger partial charge in [-0.05, 0) is 135 Å². The fraction of sp³-hybridized carbons (Fsp3) is 0.0769. The van der Waals surface area contributed by atoms with E-state index in [2.05, 4.69) is 0 Å². The highest BCUT2D eigenvalue weighted by Gasteiger charge is 2.20. The molecule has 0 aliphatic carbocycles. The SMILES string of the molecule is CS(=O)(=O)c1cc(C=O)cc(O)c1O.CS(=O)(=O)c1cc(C=O)cc(O)c1O.Cc1cc(C=O)c(Cl)c(O)c1O.Cc1cc(C=O)cc(O)c1O.Cc1cc(C=O)cc(O)c1O.Cc1cccc(C=O)c1.O=Cc1cc(O)c(O)c(O)c1.O=Cc1ccc(C=O)cc1.O=Cc1ccc(O)c(O)c1.O=Cc1ccccc1C=O. The number of aromatic hydroxyl groups is 15. The predicted molar refractivity (Wildman–Crippen MR) is 404 cm³/mol. The Balaban J connectivity index is 0.000000624. The first-order valence-electron chi connectivity index (χ1n) is 30.8. The van der Waals surface area contributed by atoms with Crippen molar-refractivity contribution in [3.8, 4) is 86.2 Å². The molecule has 0 atom stereocenters. The Morgan fingerprint density at radius 1 is 0.241 bits per heavy atom. The molecule has 0 aliphatic heterocycles. The molecular formula is C78H71ClO31S2. The van der Waals surface area contributed by atoms with Crippen LogP contribution in [0, 0.1) is 27.7 Å². The molecule has 0 aromatic heterocycles. The summed E-state index contributed by atoms with van der Waals surface area (Å²) in [5.41, 5.74) is 6.65. The number of sulfone groups is 2. The van der Waals surface area contributed by atoms with Crippen molar-refractivity contribution in [2.24, 2.45) is 0 Å². The van der Waals surface area contributed by atoms with Gasteiger partial charge in [0.25, 0.3) is 0 Å². The molecule has 10 aromatic carbocycles. The zero-order valence-electron chi connectivity index (χ0n) is 59.4. The number of phenols is 15. The number of phenolic OH excluding ortho intramolecular Hbond substituents is 15. The van der Waals surface area contributed by atoms with Crippen LogP contribution in [0.1, 0.15) is 147 Å². The fourth-order valence-corrected chi connectivity index (χ4v) is 9.75. The maximum Gasteiger partial charge on any atom is 0.200 e. The van der Waals surface area contributed by atoms with Gasteiger partial charge >= 0.3 is 0 Å². The molecule has 0 aliphatic rings. The van der Waals surface area contributed by atoms with Crippen LogP contribution in [0.5, 0.6) is 86.2 Å². The smallest absolute Gasteiger partial charge is 0.200 e. The predicted octanol–water partition coefficient (Wildman–Crippen LogP) is 10.9. The van der Waals surface area contributed by atoms with Gasteiger partial charge in [-0.2, -0.15) is 0 Å². The van der Waals surface area contributed by atoms with Gasteiger partial charge in [-0.3, -0.25) is 57.5 Å². The van der Waals surface area contributed by atoms with Gasteiger partial charge in [0.2, 0.25) is 0 Å². The van der Waals surface area contributed by atoms with E-state index in [0.717, 1.165) is 78.9 Å². The van der Waals surface area contributed by atoms with Crippen LogP contribution in [0.3, 0.4) is 0 Å². The molecule has 15 N–H and O–H groups in total. The van der Waals surface area contributed by atoms with Gasteiger partial charge in [0.05, 0.1) is 5.02 Å². The summed E-state index contributed by atoms with van der Waals surface area (Å²) in [5.74, 6) is -6.44. The lowest BCUT2D eigenvalue weighted by atomic mass is 10.1. The van der Waals surface area contributed by atoms with Crippen LogP contribution in [-0.2, 0) is 19.7 Å². The summed E-state index contributed by atoms with van der Waals surface area (Å²) < 4.78 is 44.3. The van der Waals surface area contributed by atoms with Crippen molar-refractivity contribution in [1.29, 1.82) is 0 Å². The van der Waals surface area contributed by atoms with Crippen LogP contribution in [0.15, 0.2) is 168 Å². The molecular weight excluding hydrogens is 1530 g/mol.